The maximum absolute atomic E-state index is 2.45. The van der Waals surface area contributed by atoms with Crippen LogP contribution in [-0.2, 0) is 0 Å². The fraction of sp³-hybridized carbons (Fsp3) is 0.857. The van der Waals surface area contributed by atoms with Crippen LogP contribution in [0.5, 0.6) is 0 Å². The average Bonchev–Trinajstić information content (AvgIpc) is 2.45. The molecule has 1 aliphatic carbocycles. The number of hydrogen-bond donors (Lipinski definition) is 0. The van der Waals surface area contributed by atoms with Crippen molar-refractivity contribution in [2.24, 2.45) is 5.92 Å². The molecule has 0 aromatic rings. The molecule has 0 aromatic carbocycles. The van der Waals surface area contributed by atoms with Crippen LogP contribution in [0.2, 0.25) is 0 Å². The zero-order valence-corrected chi connectivity index (χ0v) is 9.42. The summed E-state index contributed by atoms with van der Waals surface area (Å²) in [5, 5.41) is 0. The number of likely N-dealkylation sites (tertiary alicyclic amines) is 1. The van der Waals surface area contributed by atoms with Gasteiger partial charge in [-0.25, -0.2) is 0 Å². The van der Waals surface area contributed by atoms with Crippen molar-refractivity contribution in [3.63, 3.8) is 0 Å². The first-order chi connectivity index (χ1) is 3.88. The molecular formula is C7H12KN. The zero-order valence-electron chi connectivity index (χ0n) is 6.30. The molecule has 0 spiro atoms. The smallest absolute Gasteiger partial charge is 0.333 e. The second kappa shape index (κ2) is 3.33. The van der Waals surface area contributed by atoms with E-state index in [0.717, 1.165) is 12.0 Å². The molecular weight excluding hydrogens is 137 g/mol. The first-order valence-electron chi connectivity index (χ1n) is 3.40. The summed E-state index contributed by atoms with van der Waals surface area (Å²) in [5.41, 5.74) is 0. The van der Waals surface area contributed by atoms with Crippen LogP contribution in [0.1, 0.15) is 12.8 Å². The van der Waals surface area contributed by atoms with Crippen LogP contribution in [0.25, 0.3) is 0 Å². The van der Waals surface area contributed by atoms with Gasteiger partial charge in [-0.05, 0) is 13.5 Å². The molecule has 1 saturated carbocycles. The fourth-order valence-corrected chi connectivity index (χ4v) is 1.65. The minimum Gasteiger partial charge on any atom is -0.333 e. The quantitative estimate of drug-likeness (QED) is 0.282. The van der Waals surface area contributed by atoms with Crippen molar-refractivity contribution in [2.45, 2.75) is 18.9 Å². The molecule has 0 radical (unpaired) electrons. The van der Waals surface area contributed by atoms with Gasteiger partial charge in [0.1, 0.15) is 0 Å². The molecule has 46 valence electrons. The van der Waals surface area contributed by atoms with Crippen LogP contribution in [0.4, 0.5) is 0 Å². The standard InChI is InChI=1S/C7H12N.K/c1-8-4-2-3-6-5-7(6)8;/h2,6-7H,3-5H2,1H3;/q-1;+1. The van der Waals surface area contributed by atoms with Crippen molar-refractivity contribution < 1.29 is 51.4 Å². The van der Waals surface area contributed by atoms with Gasteiger partial charge in [0.25, 0.3) is 0 Å². The predicted molar refractivity (Wildman–Crippen MR) is 33.4 cm³/mol. The molecule has 2 unspecified atom stereocenters. The Bertz CT molecular complexity index is 105. The number of piperidine rings is 1. The summed E-state index contributed by atoms with van der Waals surface area (Å²) in [7, 11) is 2.22. The van der Waals surface area contributed by atoms with Crippen molar-refractivity contribution in [2.75, 3.05) is 13.6 Å². The Hall–Kier alpha value is 1.60. The van der Waals surface area contributed by atoms with Gasteiger partial charge in [-0.2, -0.15) is 6.42 Å². The number of fused-ring (bicyclic) bond motifs is 1. The van der Waals surface area contributed by atoms with E-state index in [0.29, 0.717) is 0 Å². The van der Waals surface area contributed by atoms with E-state index >= 15 is 0 Å². The molecule has 0 aromatic heterocycles. The largest absolute Gasteiger partial charge is 1.00 e. The van der Waals surface area contributed by atoms with E-state index in [2.05, 4.69) is 18.4 Å². The monoisotopic (exact) mass is 149 g/mol. The summed E-state index contributed by atoms with van der Waals surface area (Å²) < 4.78 is 0. The molecule has 0 amide bonds. The van der Waals surface area contributed by atoms with Gasteiger partial charge in [0.05, 0.1) is 0 Å². The molecule has 2 rings (SSSR count). The predicted octanol–water partition coefficient (Wildman–Crippen LogP) is -2.08. The van der Waals surface area contributed by atoms with Crippen LogP contribution >= 0.6 is 0 Å². The summed E-state index contributed by atoms with van der Waals surface area (Å²) in [4.78, 5) is 2.45. The Morgan fingerprint density at radius 2 is 2.33 bits per heavy atom. The maximum atomic E-state index is 2.45. The van der Waals surface area contributed by atoms with E-state index in [1.165, 1.54) is 19.4 Å². The van der Waals surface area contributed by atoms with Crippen LogP contribution in [0, 0.1) is 12.3 Å². The van der Waals surface area contributed by atoms with Gasteiger partial charge in [-0.3, -0.25) is 0 Å². The summed E-state index contributed by atoms with van der Waals surface area (Å²) in [6.45, 7) is 1.22. The van der Waals surface area contributed by atoms with Crippen LogP contribution in [0.3, 0.4) is 0 Å². The SMILES string of the molecule is CN1C[CH-]CC2CC21.[K+]. The van der Waals surface area contributed by atoms with E-state index in [1.807, 2.05) is 0 Å². The minimum atomic E-state index is 0. The molecule has 9 heavy (non-hydrogen) atoms. The summed E-state index contributed by atoms with van der Waals surface area (Å²) in [6.07, 6.45) is 5.25. The van der Waals surface area contributed by atoms with E-state index in [4.69, 9.17) is 0 Å². The van der Waals surface area contributed by atoms with Gasteiger partial charge in [0.15, 0.2) is 0 Å². The van der Waals surface area contributed by atoms with Crippen LogP contribution < -0.4 is 51.4 Å². The Morgan fingerprint density at radius 1 is 1.56 bits per heavy atom. The molecule has 1 heterocycles. The van der Waals surface area contributed by atoms with Gasteiger partial charge in [-0.15, -0.1) is 6.54 Å². The van der Waals surface area contributed by atoms with Crippen molar-refractivity contribution in [3.05, 3.63) is 6.42 Å². The molecule has 1 aliphatic heterocycles. The molecule has 2 atom stereocenters. The van der Waals surface area contributed by atoms with E-state index in [1.54, 1.807) is 0 Å². The normalized spacial score (nSPS) is 41.0. The number of nitrogens with zero attached hydrogens (tertiary/aromatic N) is 1. The van der Waals surface area contributed by atoms with Crippen LogP contribution in [0.15, 0.2) is 0 Å². The maximum Gasteiger partial charge on any atom is 1.00 e. The van der Waals surface area contributed by atoms with Gasteiger partial charge in [-0.1, -0.05) is 5.92 Å². The summed E-state index contributed by atoms with van der Waals surface area (Å²) in [6, 6.07) is 0.972. The summed E-state index contributed by atoms with van der Waals surface area (Å²) in [5.74, 6) is 1.05. The first-order valence-corrected chi connectivity index (χ1v) is 3.40. The molecule has 0 bridgehead atoms. The molecule has 0 N–H and O–H groups in total. The Kier molecular flexibility index (Phi) is 3.21. The third-order valence-corrected chi connectivity index (χ3v) is 2.34. The Morgan fingerprint density at radius 3 is 2.89 bits per heavy atom. The van der Waals surface area contributed by atoms with Gasteiger partial charge >= 0.3 is 51.4 Å². The molecule has 1 nitrogen and oxygen atoms in total. The first kappa shape index (κ1) is 8.69. The van der Waals surface area contributed by atoms with Crippen molar-refractivity contribution in [1.29, 1.82) is 0 Å². The van der Waals surface area contributed by atoms with Crippen molar-refractivity contribution in [1.82, 2.24) is 4.90 Å². The topological polar surface area (TPSA) is 3.24 Å². The number of rotatable bonds is 0. The van der Waals surface area contributed by atoms with Gasteiger partial charge < -0.3 is 11.3 Å². The molecule has 2 fully saturated rings. The third-order valence-electron chi connectivity index (χ3n) is 2.34. The van der Waals surface area contributed by atoms with Gasteiger partial charge in [0, 0.05) is 6.04 Å². The van der Waals surface area contributed by atoms with Crippen molar-refractivity contribution in [3.8, 4) is 0 Å². The number of hydrogen-bond acceptors (Lipinski definition) is 1. The van der Waals surface area contributed by atoms with Crippen molar-refractivity contribution >= 4 is 0 Å². The fourth-order valence-electron chi connectivity index (χ4n) is 1.65. The second-order valence-corrected chi connectivity index (χ2v) is 3.03. The minimum absolute atomic E-state index is 0. The van der Waals surface area contributed by atoms with E-state index in [-0.39, 0.29) is 51.4 Å². The third kappa shape index (κ3) is 1.79. The molecule has 2 heteroatoms. The zero-order chi connectivity index (χ0) is 5.56. The summed E-state index contributed by atoms with van der Waals surface area (Å²) >= 11 is 0. The molecule has 1 saturated heterocycles. The van der Waals surface area contributed by atoms with E-state index < -0.39 is 0 Å². The van der Waals surface area contributed by atoms with Gasteiger partial charge in [0.2, 0.25) is 0 Å². The van der Waals surface area contributed by atoms with E-state index in [9.17, 15) is 0 Å². The second-order valence-electron chi connectivity index (χ2n) is 3.03. The van der Waals surface area contributed by atoms with Crippen LogP contribution in [-0.4, -0.2) is 24.5 Å². The molecule has 2 aliphatic rings. The Balaban J connectivity index is 0.000000405. The average molecular weight is 149 g/mol. The Labute approximate surface area is 99.6 Å².